The number of amides is 2. The lowest BCUT2D eigenvalue weighted by Crippen LogP contribution is -2.47. The molecule has 2 atom stereocenters. The Morgan fingerprint density at radius 3 is 2.71 bits per heavy atom. The molecule has 5 rings (SSSR count). The van der Waals surface area contributed by atoms with Gasteiger partial charge >= 0.3 is 0 Å². The maximum absolute atomic E-state index is 13.5. The zero-order valence-electron chi connectivity index (χ0n) is 22.6. The molecule has 3 aromatic rings. The van der Waals surface area contributed by atoms with E-state index in [-0.39, 0.29) is 29.2 Å². The first-order valence-electron chi connectivity index (χ1n) is 13.2. The van der Waals surface area contributed by atoms with Gasteiger partial charge in [-0.2, -0.15) is 0 Å². The van der Waals surface area contributed by atoms with Crippen LogP contribution in [0.15, 0.2) is 36.5 Å². The van der Waals surface area contributed by atoms with Crippen molar-refractivity contribution in [2.24, 2.45) is 0 Å². The number of ether oxygens (including phenoxy) is 2. The van der Waals surface area contributed by atoms with E-state index >= 15 is 0 Å². The molecule has 2 aromatic heterocycles. The Balaban J connectivity index is 1.31. The van der Waals surface area contributed by atoms with E-state index in [2.05, 4.69) is 25.6 Å². The number of halogens is 2. The summed E-state index contributed by atoms with van der Waals surface area (Å²) < 4.78 is 10.6. The third kappa shape index (κ3) is 6.23. The van der Waals surface area contributed by atoms with Crippen molar-refractivity contribution in [1.29, 1.82) is 0 Å². The number of anilines is 1. The lowest BCUT2D eigenvalue weighted by atomic mass is 10.0. The van der Waals surface area contributed by atoms with Crippen molar-refractivity contribution in [1.82, 2.24) is 25.2 Å². The van der Waals surface area contributed by atoms with Crippen LogP contribution in [0.5, 0.6) is 5.88 Å². The van der Waals surface area contributed by atoms with Crippen LogP contribution < -0.4 is 15.4 Å². The first kappa shape index (κ1) is 29.0. The number of nitrogens with zero attached hydrogens (tertiary/aromatic N) is 4. The first-order chi connectivity index (χ1) is 19.8. The fourth-order valence-electron chi connectivity index (χ4n) is 4.88. The Bertz CT molecular complexity index is 1450. The summed E-state index contributed by atoms with van der Waals surface area (Å²) in [6, 6.07) is 7.08. The molecular weight excluding hydrogens is 571 g/mol. The fourth-order valence-corrected chi connectivity index (χ4v) is 5.32. The molecule has 0 aliphatic carbocycles. The summed E-state index contributed by atoms with van der Waals surface area (Å²) in [6.45, 7) is 2.80. The molecular formula is C28H30Cl2N6O5. The summed E-state index contributed by atoms with van der Waals surface area (Å²) in [7, 11) is 1.46. The lowest BCUT2D eigenvalue weighted by molar-refractivity contribution is -0.126. The normalized spacial score (nSPS) is 16.7. The quantitative estimate of drug-likeness (QED) is 0.336. The molecule has 0 bridgehead atoms. The molecule has 2 unspecified atom stereocenters. The molecule has 2 amide bonds. The van der Waals surface area contributed by atoms with Gasteiger partial charge in [0.1, 0.15) is 6.04 Å². The maximum Gasteiger partial charge on any atom is 0.255 e. The predicted octanol–water partition coefficient (Wildman–Crippen LogP) is 3.64. The Morgan fingerprint density at radius 2 is 1.98 bits per heavy atom. The van der Waals surface area contributed by atoms with Gasteiger partial charge in [-0.15, -0.1) is 0 Å². The van der Waals surface area contributed by atoms with Gasteiger partial charge in [-0.05, 0) is 37.5 Å². The van der Waals surface area contributed by atoms with Crippen molar-refractivity contribution in [3.8, 4) is 17.1 Å². The average Bonchev–Trinajstić information content (AvgIpc) is 3.32. The minimum Gasteiger partial charge on any atom is -0.481 e. The van der Waals surface area contributed by atoms with E-state index < -0.39 is 24.6 Å². The van der Waals surface area contributed by atoms with Crippen LogP contribution in [0, 0.1) is 0 Å². The molecule has 1 fully saturated rings. The predicted molar refractivity (Wildman–Crippen MR) is 153 cm³/mol. The standard InChI is InChI=1S/C28H30Cl2N6O5/c1-15(26(38)33-22(14-37)25-20(29)5-6-23(34-25)40-2)36-13-17-4-3-16(11-19(17)27(36)39)24-21(30)12-31-28(35-24)32-18-7-9-41-10-8-18/h3-6,11-12,15,18,22,37H,7-10,13-14H2,1-2H3,(H,33,38)(H,31,32,35). The molecule has 2 aliphatic rings. The van der Waals surface area contributed by atoms with Gasteiger partial charge in [-0.25, -0.2) is 15.0 Å². The molecule has 3 N–H and O–H groups in total. The van der Waals surface area contributed by atoms with Gasteiger partial charge in [0.15, 0.2) is 0 Å². The fraction of sp³-hybridized carbons (Fsp3) is 0.393. The van der Waals surface area contributed by atoms with E-state index in [0.717, 1.165) is 18.4 Å². The number of methoxy groups -OCH3 is 1. The number of pyridine rings is 1. The summed E-state index contributed by atoms with van der Waals surface area (Å²) in [5.41, 5.74) is 2.68. The largest absolute Gasteiger partial charge is 0.481 e. The SMILES string of the molecule is COc1ccc(Cl)c(C(CO)NC(=O)C(C)N2Cc3ccc(-c4nc(NC5CCOCC5)ncc4Cl)cc3C2=O)n1. The minimum absolute atomic E-state index is 0.210. The Labute approximate surface area is 247 Å². The van der Waals surface area contributed by atoms with Crippen LogP contribution in [-0.4, -0.2) is 75.8 Å². The summed E-state index contributed by atoms with van der Waals surface area (Å²) in [4.78, 5) is 41.3. The summed E-state index contributed by atoms with van der Waals surface area (Å²) >= 11 is 12.7. The molecule has 1 aromatic carbocycles. The molecule has 1 saturated heterocycles. The van der Waals surface area contributed by atoms with Gasteiger partial charge in [0, 0.05) is 43.0 Å². The smallest absolute Gasteiger partial charge is 0.255 e. The van der Waals surface area contributed by atoms with Crippen LogP contribution in [0.25, 0.3) is 11.3 Å². The van der Waals surface area contributed by atoms with E-state index in [4.69, 9.17) is 32.7 Å². The van der Waals surface area contributed by atoms with Crippen LogP contribution in [0.3, 0.4) is 0 Å². The number of hydrogen-bond donors (Lipinski definition) is 3. The second-order valence-corrected chi connectivity index (χ2v) is 10.7. The van der Waals surface area contributed by atoms with Crippen LogP contribution in [0.4, 0.5) is 5.95 Å². The van der Waals surface area contributed by atoms with E-state index in [9.17, 15) is 14.7 Å². The van der Waals surface area contributed by atoms with Gasteiger partial charge in [-0.3, -0.25) is 9.59 Å². The van der Waals surface area contributed by atoms with Crippen LogP contribution in [0.1, 0.15) is 47.4 Å². The lowest BCUT2D eigenvalue weighted by Gasteiger charge is -2.26. The highest BCUT2D eigenvalue weighted by Crippen LogP contribution is 2.33. The number of aromatic nitrogens is 3. The molecule has 11 nitrogen and oxygen atoms in total. The number of aliphatic hydroxyl groups excluding tert-OH is 1. The molecule has 2 aliphatic heterocycles. The third-order valence-corrected chi connectivity index (χ3v) is 7.84. The van der Waals surface area contributed by atoms with Crippen molar-refractivity contribution in [2.45, 2.75) is 44.4 Å². The highest BCUT2D eigenvalue weighted by Gasteiger charge is 2.35. The van der Waals surface area contributed by atoms with E-state index in [1.54, 1.807) is 31.3 Å². The van der Waals surface area contributed by atoms with Gasteiger partial charge in [0.05, 0.1) is 47.4 Å². The van der Waals surface area contributed by atoms with Gasteiger partial charge in [0.25, 0.3) is 5.91 Å². The zero-order valence-corrected chi connectivity index (χ0v) is 24.1. The van der Waals surface area contributed by atoms with E-state index in [0.29, 0.717) is 46.9 Å². The van der Waals surface area contributed by atoms with E-state index in [1.165, 1.54) is 12.0 Å². The average molecular weight is 601 g/mol. The first-order valence-corrected chi connectivity index (χ1v) is 14.0. The van der Waals surface area contributed by atoms with Crippen LogP contribution in [0.2, 0.25) is 10.0 Å². The van der Waals surface area contributed by atoms with Crippen molar-refractivity contribution < 1.29 is 24.2 Å². The maximum atomic E-state index is 13.5. The second kappa shape index (κ2) is 12.6. The highest BCUT2D eigenvalue weighted by molar-refractivity contribution is 6.33. The Morgan fingerprint density at radius 1 is 1.20 bits per heavy atom. The van der Waals surface area contributed by atoms with Crippen molar-refractivity contribution >= 4 is 41.0 Å². The van der Waals surface area contributed by atoms with Crippen LogP contribution >= 0.6 is 23.2 Å². The number of benzene rings is 1. The third-order valence-electron chi connectivity index (χ3n) is 7.25. The minimum atomic E-state index is -0.886. The zero-order chi connectivity index (χ0) is 29.1. The summed E-state index contributed by atoms with van der Waals surface area (Å²) in [6.07, 6.45) is 3.26. The van der Waals surface area contributed by atoms with Crippen molar-refractivity contribution in [2.75, 3.05) is 32.2 Å². The van der Waals surface area contributed by atoms with Crippen LogP contribution in [-0.2, 0) is 16.1 Å². The number of carbonyl (C=O) groups excluding carboxylic acids is 2. The van der Waals surface area contributed by atoms with Gasteiger partial charge in [0.2, 0.25) is 17.7 Å². The number of nitrogens with one attached hydrogen (secondary N) is 2. The topological polar surface area (TPSA) is 139 Å². The molecule has 0 radical (unpaired) electrons. The molecule has 0 saturated carbocycles. The highest BCUT2D eigenvalue weighted by atomic mass is 35.5. The Kier molecular flexibility index (Phi) is 8.88. The number of carbonyl (C=O) groups is 2. The molecule has 216 valence electrons. The number of aliphatic hydroxyl groups is 1. The van der Waals surface area contributed by atoms with Crippen molar-refractivity contribution in [3.63, 3.8) is 0 Å². The summed E-state index contributed by atoms with van der Waals surface area (Å²) in [5.74, 6) is -0.0115. The molecule has 13 heteroatoms. The molecule has 4 heterocycles. The number of fused-ring (bicyclic) bond motifs is 1. The monoisotopic (exact) mass is 600 g/mol. The Hall–Kier alpha value is -3.51. The van der Waals surface area contributed by atoms with Gasteiger partial charge in [-0.1, -0.05) is 35.3 Å². The number of rotatable bonds is 9. The number of hydrogen-bond acceptors (Lipinski definition) is 9. The summed E-state index contributed by atoms with van der Waals surface area (Å²) in [5, 5.41) is 16.7. The van der Waals surface area contributed by atoms with Crippen molar-refractivity contribution in [3.05, 3.63) is 63.4 Å². The molecule has 41 heavy (non-hydrogen) atoms. The molecule has 0 spiro atoms. The van der Waals surface area contributed by atoms with Gasteiger partial charge < -0.3 is 30.1 Å². The second-order valence-electron chi connectivity index (χ2n) is 9.87. The van der Waals surface area contributed by atoms with E-state index in [1.807, 2.05) is 12.1 Å².